The van der Waals surface area contributed by atoms with Gasteiger partial charge in [0.15, 0.2) is 0 Å². The summed E-state index contributed by atoms with van der Waals surface area (Å²) in [6, 6.07) is 17.4. The van der Waals surface area contributed by atoms with Crippen molar-refractivity contribution in [2.75, 3.05) is 30.3 Å². The number of nitrogens with zero attached hydrogens (tertiary/aromatic N) is 1. The van der Waals surface area contributed by atoms with E-state index < -0.39 is 0 Å². The molecule has 1 fully saturated rings. The number of aryl methyl sites for hydroxylation is 1. The van der Waals surface area contributed by atoms with Crippen LogP contribution in [0.3, 0.4) is 0 Å². The number of nitrogens with one attached hydrogen (secondary N) is 2. The van der Waals surface area contributed by atoms with Gasteiger partial charge in [-0.2, -0.15) is 0 Å². The van der Waals surface area contributed by atoms with Crippen LogP contribution in [0.5, 0.6) is 0 Å². The quantitative estimate of drug-likeness (QED) is 0.829. The monoisotopic (exact) mass is 323 g/mol. The Hall–Kier alpha value is -2.33. The Morgan fingerprint density at radius 1 is 0.875 bits per heavy atom. The number of urea groups is 1. The van der Waals surface area contributed by atoms with Gasteiger partial charge in [0, 0.05) is 11.4 Å². The number of rotatable bonds is 6. The molecule has 4 nitrogen and oxygen atoms in total. The number of likely N-dealkylation sites (tertiary alicyclic amines) is 1. The van der Waals surface area contributed by atoms with Gasteiger partial charge in [-0.1, -0.05) is 30.3 Å². The van der Waals surface area contributed by atoms with Crippen molar-refractivity contribution < 1.29 is 4.79 Å². The summed E-state index contributed by atoms with van der Waals surface area (Å²) in [5.41, 5.74) is 2.92. The van der Waals surface area contributed by atoms with Crippen LogP contribution in [0.25, 0.3) is 0 Å². The molecule has 3 rings (SSSR count). The van der Waals surface area contributed by atoms with E-state index in [0.717, 1.165) is 17.8 Å². The zero-order valence-corrected chi connectivity index (χ0v) is 14.0. The lowest BCUT2D eigenvalue weighted by Gasteiger charge is -2.14. The molecule has 1 heterocycles. The van der Waals surface area contributed by atoms with Crippen LogP contribution in [0.15, 0.2) is 54.6 Å². The van der Waals surface area contributed by atoms with Gasteiger partial charge in [0.25, 0.3) is 0 Å². The van der Waals surface area contributed by atoms with Gasteiger partial charge in [0.2, 0.25) is 0 Å². The predicted molar refractivity (Wildman–Crippen MR) is 99.5 cm³/mol. The van der Waals surface area contributed by atoms with Crippen molar-refractivity contribution in [3.05, 3.63) is 60.2 Å². The van der Waals surface area contributed by atoms with E-state index in [2.05, 4.69) is 27.7 Å². The highest BCUT2D eigenvalue weighted by Gasteiger charge is 2.10. The summed E-state index contributed by atoms with van der Waals surface area (Å²) < 4.78 is 0. The second-order valence-corrected chi connectivity index (χ2v) is 6.29. The highest BCUT2D eigenvalue weighted by molar-refractivity contribution is 5.99. The first kappa shape index (κ1) is 16.5. The Balaban J connectivity index is 1.43. The van der Waals surface area contributed by atoms with Crippen LogP contribution < -0.4 is 10.6 Å². The van der Waals surface area contributed by atoms with Gasteiger partial charge >= 0.3 is 6.03 Å². The van der Waals surface area contributed by atoms with Crippen molar-refractivity contribution in [2.45, 2.75) is 25.7 Å². The van der Waals surface area contributed by atoms with E-state index in [1.807, 2.05) is 42.5 Å². The first-order valence-corrected chi connectivity index (χ1v) is 8.74. The smallest absolute Gasteiger partial charge is 0.308 e. The molecule has 1 aliphatic heterocycles. The summed E-state index contributed by atoms with van der Waals surface area (Å²) in [7, 11) is 0. The summed E-state index contributed by atoms with van der Waals surface area (Å²) in [5.74, 6) is 0. The number of carbonyl (C=O) groups excluding carboxylic acids is 1. The third kappa shape index (κ3) is 5.10. The standard InChI is InChI=1S/C20H25N3O/c24-20(21-18-8-2-1-3-9-18)22-19-12-10-17(11-13-19)7-6-16-23-14-4-5-15-23/h1-3,8-13H,4-7,14-16H2,(H2,21,22,24). The SMILES string of the molecule is O=C(Nc1ccccc1)Nc1ccc(CCCN2CCCC2)cc1. The molecule has 24 heavy (non-hydrogen) atoms. The van der Waals surface area contributed by atoms with E-state index in [1.54, 1.807) is 0 Å². The van der Waals surface area contributed by atoms with Gasteiger partial charge in [-0.05, 0) is 75.1 Å². The average Bonchev–Trinajstić information content (AvgIpc) is 3.11. The van der Waals surface area contributed by atoms with E-state index in [-0.39, 0.29) is 6.03 Å². The number of hydrogen-bond acceptors (Lipinski definition) is 2. The van der Waals surface area contributed by atoms with E-state index >= 15 is 0 Å². The Morgan fingerprint density at radius 3 is 2.17 bits per heavy atom. The van der Waals surface area contributed by atoms with E-state index in [9.17, 15) is 4.79 Å². The molecule has 2 N–H and O–H groups in total. The second kappa shape index (κ2) is 8.50. The molecule has 0 aliphatic carbocycles. The van der Waals surface area contributed by atoms with E-state index in [1.165, 1.54) is 44.5 Å². The molecule has 4 heteroatoms. The molecule has 2 amide bonds. The second-order valence-electron chi connectivity index (χ2n) is 6.29. The number of benzene rings is 2. The largest absolute Gasteiger partial charge is 0.323 e. The highest BCUT2D eigenvalue weighted by atomic mass is 16.2. The van der Waals surface area contributed by atoms with Crippen molar-refractivity contribution in [1.82, 2.24) is 4.90 Å². The van der Waals surface area contributed by atoms with Crippen LogP contribution in [0.4, 0.5) is 16.2 Å². The zero-order valence-electron chi connectivity index (χ0n) is 14.0. The van der Waals surface area contributed by atoms with Gasteiger partial charge in [-0.3, -0.25) is 0 Å². The molecule has 0 aromatic heterocycles. The van der Waals surface area contributed by atoms with Crippen LogP contribution in [-0.4, -0.2) is 30.6 Å². The molecular weight excluding hydrogens is 298 g/mol. The Bertz CT molecular complexity index is 634. The highest BCUT2D eigenvalue weighted by Crippen LogP contribution is 2.14. The van der Waals surface area contributed by atoms with Gasteiger partial charge < -0.3 is 15.5 Å². The van der Waals surface area contributed by atoms with Crippen LogP contribution in [0.2, 0.25) is 0 Å². The summed E-state index contributed by atoms with van der Waals surface area (Å²) >= 11 is 0. The van der Waals surface area contributed by atoms with Crippen molar-refractivity contribution in [3.63, 3.8) is 0 Å². The Labute approximate surface area is 143 Å². The maximum Gasteiger partial charge on any atom is 0.323 e. The van der Waals surface area contributed by atoms with Gasteiger partial charge in [0.1, 0.15) is 0 Å². The van der Waals surface area contributed by atoms with Gasteiger partial charge in [-0.15, -0.1) is 0 Å². The molecule has 0 radical (unpaired) electrons. The van der Waals surface area contributed by atoms with Crippen molar-refractivity contribution in [2.24, 2.45) is 0 Å². The lowest BCUT2D eigenvalue weighted by Crippen LogP contribution is -2.20. The molecule has 2 aromatic carbocycles. The molecule has 0 bridgehead atoms. The summed E-state index contributed by atoms with van der Waals surface area (Å²) in [4.78, 5) is 14.5. The number of para-hydroxylation sites is 1. The minimum absolute atomic E-state index is 0.219. The fraction of sp³-hybridized carbons (Fsp3) is 0.350. The minimum atomic E-state index is -0.219. The fourth-order valence-electron chi connectivity index (χ4n) is 3.08. The topological polar surface area (TPSA) is 44.4 Å². The zero-order chi connectivity index (χ0) is 16.6. The van der Waals surface area contributed by atoms with Gasteiger partial charge in [0.05, 0.1) is 0 Å². The molecular formula is C20H25N3O. The van der Waals surface area contributed by atoms with Crippen LogP contribution in [-0.2, 0) is 6.42 Å². The van der Waals surface area contributed by atoms with Gasteiger partial charge in [-0.25, -0.2) is 4.79 Å². The summed E-state index contributed by atoms with van der Waals surface area (Å²) in [6.45, 7) is 3.72. The van der Waals surface area contributed by atoms with Crippen molar-refractivity contribution in [3.8, 4) is 0 Å². The van der Waals surface area contributed by atoms with Crippen molar-refractivity contribution in [1.29, 1.82) is 0 Å². The first-order chi connectivity index (χ1) is 11.8. The molecule has 0 spiro atoms. The molecule has 1 aliphatic rings. The van der Waals surface area contributed by atoms with Crippen LogP contribution in [0, 0.1) is 0 Å². The molecule has 126 valence electrons. The lowest BCUT2D eigenvalue weighted by atomic mass is 10.1. The molecule has 2 aromatic rings. The van der Waals surface area contributed by atoms with Crippen molar-refractivity contribution >= 4 is 17.4 Å². The normalized spacial score (nSPS) is 14.5. The third-order valence-corrected chi connectivity index (χ3v) is 4.38. The predicted octanol–water partition coefficient (Wildman–Crippen LogP) is 4.36. The number of anilines is 2. The Morgan fingerprint density at radius 2 is 1.50 bits per heavy atom. The number of hydrogen-bond donors (Lipinski definition) is 2. The fourth-order valence-corrected chi connectivity index (χ4v) is 3.08. The number of carbonyl (C=O) groups is 1. The Kier molecular flexibility index (Phi) is 5.85. The molecule has 0 saturated carbocycles. The average molecular weight is 323 g/mol. The molecule has 0 unspecified atom stereocenters. The minimum Gasteiger partial charge on any atom is -0.308 e. The summed E-state index contributed by atoms with van der Waals surface area (Å²) in [5, 5.41) is 5.68. The third-order valence-electron chi connectivity index (χ3n) is 4.38. The lowest BCUT2D eigenvalue weighted by molar-refractivity contribution is 0.262. The molecule has 1 saturated heterocycles. The van der Waals surface area contributed by atoms with Crippen LogP contribution in [0.1, 0.15) is 24.8 Å². The number of amides is 2. The van der Waals surface area contributed by atoms with E-state index in [4.69, 9.17) is 0 Å². The maximum atomic E-state index is 12.0. The molecule has 0 atom stereocenters. The summed E-state index contributed by atoms with van der Waals surface area (Å²) in [6.07, 6.45) is 4.99. The van der Waals surface area contributed by atoms with Crippen LogP contribution >= 0.6 is 0 Å². The first-order valence-electron chi connectivity index (χ1n) is 8.74. The maximum absolute atomic E-state index is 12.0. The van der Waals surface area contributed by atoms with E-state index in [0.29, 0.717) is 0 Å².